The Morgan fingerprint density at radius 3 is 1.32 bits per heavy atom. The Balaban J connectivity index is 1.22. The number of fused-ring (bicyclic) bond motifs is 10. The largest absolute Gasteiger partial charge is 0.444 e. The van der Waals surface area contributed by atoms with Crippen LogP contribution in [0.5, 0.6) is 0 Å². The topological polar surface area (TPSA) is 77.8 Å². The molecule has 0 atom stereocenters. The van der Waals surface area contributed by atoms with E-state index in [1.54, 1.807) is 37.3 Å². The van der Waals surface area contributed by atoms with Gasteiger partial charge in [-0.15, -0.1) is 0 Å². The third-order valence-corrected chi connectivity index (χ3v) is 9.59. The van der Waals surface area contributed by atoms with E-state index in [0.29, 0.717) is 11.8 Å². The molecule has 0 saturated carbocycles. The molecule has 0 bridgehead atoms. The quantitative estimate of drug-likeness (QED) is 0.199. The third kappa shape index (κ3) is 3.66. The minimum absolute atomic E-state index is 0.509. The first-order chi connectivity index (χ1) is 23.3. The Hall–Kier alpha value is -6.40. The van der Waals surface area contributed by atoms with E-state index in [9.17, 15) is 0 Å². The van der Waals surface area contributed by atoms with Gasteiger partial charge in [-0.05, 0) is 79.9 Å². The van der Waals surface area contributed by atoms with E-state index >= 15 is 0 Å². The lowest BCUT2D eigenvalue weighted by Gasteiger charge is -2.31. The summed E-state index contributed by atoms with van der Waals surface area (Å²) in [6.07, 6.45) is 13.9. The Kier molecular flexibility index (Phi) is 5.40. The molecule has 0 amide bonds. The molecule has 6 nitrogen and oxygen atoms in total. The second kappa shape index (κ2) is 9.80. The van der Waals surface area contributed by atoms with Crippen molar-refractivity contribution in [1.82, 2.24) is 19.9 Å². The van der Waals surface area contributed by atoms with E-state index in [2.05, 4.69) is 117 Å². The summed E-state index contributed by atoms with van der Waals surface area (Å²) in [5, 5.41) is 0. The first-order valence-corrected chi connectivity index (χ1v) is 15.5. The molecule has 4 aromatic heterocycles. The van der Waals surface area contributed by atoms with Crippen LogP contribution in [0.4, 0.5) is 0 Å². The number of benzene rings is 4. The van der Waals surface area contributed by atoms with Crippen LogP contribution in [0, 0.1) is 0 Å². The van der Waals surface area contributed by atoms with E-state index in [4.69, 9.17) is 8.83 Å². The van der Waals surface area contributed by atoms with Crippen molar-refractivity contribution in [2.45, 2.75) is 5.41 Å². The van der Waals surface area contributed by atoms with Gasteiger partial charge in [-0.1, -0.05) is 72.8 Å². The van der Waals surface area contributed by atoms with Crippen LogP contribution in [0.25, 0.3) is 67.4 Å². The maximum absolute atomic E-state index is 5.59. The summed E-state index contributed by atoms with van der Waals surface area (Å²) in [5.41, 5.74) is 15.4. The Morgan fingerprint density at radius 1 is 0.404 bits per heavy atom. The van der Waals surface area contributed by atoms with Crippen molar-refractivity contribution < 1.29 is 8.83 Å². The molecule has 0 N–H and O–H groups in total. The van der Waals surface area contributed by atoms with Gasteiger partial charge in [0, 0.05) is 35.9 Å². The van der Waals surface area contributed by atoms with Crippen LogP contribution < -0.4 is 0 Å². The highest BCUT2D eigenvalue weighted by Crippen LogP contribution is 2.63. The van der Waals surface area contributed by atoms with E-state index < -0.39 is 5.41 Å². The van der Waals surface area contributed by atoms with E-state index in [0.717, 1.165) is 33.4 Å². The molecule has 0 fully saturated rings. The predicted molar refractivity (Wildman–Crippen MR) is 180 cm³/mol. The molecule has 0 radical (unpaired) electrons. The fourth-order valence-electron chi connectivity index (χ4n) is 7.66. The molecular weight excluding hydrogens is 580 g/mol. The summed E-state index contributed by atoms with van der Waals surface area (Å²) in [7, 11) is 0. The normalized spacial score (nSPS) is 13.3. The molecule has 2 aliphatic rings. The van der Waals surface area contributed by atoms with Crippen molar-refractivity contribution in [3.05, 3.63) is 169 Å². The number of hydrogen-bond acceptors (Lipinski definition) is 6. The number of hydrogen-bond donors (Lipinski definition) is 0. The van der Waals surface area contributed by atoms with Crippen LogP contribution in [-0.2, 0) is 5.41 Å². The SMILES string of the molecule is c1ccc2c(c1)-c1ccccc1C21c2cc(-c3cncc(-c4ncco4)c3)ccc2-c2ccc(-c3cncc(-c4ncco4)c3)cc21. The van der Waals surface area contributed by atoms with Crippen LogP contribution in [0.2, 0.25) is 0 Å². The summed E-state index contributed by atoms with van der Waals surface area (Å²) in [6.45, 7) is 0. The standard InChI is InChI=1S/C41H24N4O2/c1-3-7-35-31(5-1)32-6-2-4-8-36(32)41(35)37-19-25(27-17-29(23-42-21-27)39-44-13-15-46-39)9-11-33(37)34-12-10-26(20-38(34)41)28-18-30(24-43-22-28)40-45-14-16-47-40/h1-24H. The zero-order valence-electron chi connectivity index (χ0n) is 25.0. The van der Waals surface area contributed by atoms with Gasteiger partial charge in [0.2, 0.25) is 11.8 Å². The van der Waals surface area contributed by atoms with Crippen molar-refractivity contribution in [3.8, 4) is 67.4 Å². The number of nitrogens with zero attached hydrogens (tertiary/aromatic N) is 4. The van der Waals surface area contributed by atoms with Crippen molar-refractivity contribution in [2.24, 2.45) is 0 Å². The van der Waals surface area contributed by atoms with Gasteiger partial charge in [-0.3, -0.25) is 9.97 Å². The third-order valence-electron chi connectivity index (χ3n) is 9.59. The minimum Gasteiger partial charge on any atom is -0.444 e. The zero-order chi connectivity index (χ0) is 31.0. The summed E-state index contributed by atoms with van der Waals surface area (Å²) < 4.78 is 11.2. The fourth-order valence-corrected chi connectivity index (χ4v) is 7.66. The van der Waals surface area contributed by atoms with E-state index in [1.807, 2.05) is 12.4 Å². The lowest BCUT2D eigenvalue weighted by molar-refractivity contribution is 0.574. The van der Waals surface area contributed by atoms with E-state index in [-0.39, 0.29) is 0 Å². The van der Waals surface area contributed by atoms with Gasteiger partial charge < -0.3 is 8.83 Å². The van der Waals surface area contributed by atoms with Crippen molar-refractivity contribution in [2.75, 3.05) is 0 Å². The number of rotatable bonds is 4. The summed E-state index contributed by atoms with van der Waals surface area (Å²) in [5.74, 6) is 1.11. The molecule has 4 aromatic carbocycles. The first-order valence-electron chi connectivity index (χ1n) is 15.5. The summed E-state index contributed by atoms with van der Waals surface area (Å²) in [6, 6.07) is 35.5. The van der Waals surface area contributed by atoms with Crippen molar-refractivity contribution >= 4 is 0 Å². The highest BCUT2D eigenvalue weighted by Gasteiger charge is 2.51. The molecule has 0 saturated heterocycles. The molecule has 6 heteroatoms. The molecule has 0 unspecified atom stereocenters. The molecular formula is C41H24N4O2. The van der Waals surface area contributed by atoms with Gasteiger partial charge in [0.15, 0.2) is 0 Å². The number of oxazole rings is 2. The van der Waals surface area contributed by atoms with Crippen molar-refractivity contribution in [1.29, 1.82) is 0 Å². The van der Waals surface area contributed by atoms with Crippen LogP contribution >= 0.6 is 0 Å². The van der Waals surface area contributed by atoms with Gasteiger partial charge in [-0.2, -0.15) is 0 Å². The highest BCUT2D eigenvalue weighted by molar-refractivity contribution is 5.97. The number of pyridine rings is 2. The first kappa shape index (κ1) is 25.9. The summed E-state index contributed by atoms with van der Waals surface area (Å²) >= 11 is 0. The highest BCUT2D eigenvalue weighted by atomic mass is 16.3. The van der Waals surface area contributed by atoms with E-state index in [1.165, 1.54) is 44.5 Å². The molecule has 4 heterocycles. The molecule has 47 heavy (non-hydrogen) atoms. The maximum atomic E-state index is 5.59. The van der Waals surface area contributed by atoms with Crippen LogP contribution in [-0.4, -0.2) is 19.9 Å². The average Bonchev–Trinajstić information content (AvgIpc) is 3.96. The second-order valence-corrected chi connectivity index (χ2v) is 12.0. The molecule has 2 aliphatic carbocycles. The average molecular weight is 605 g/mol. The van der Waals surface area contributed by atoms with Crippen LogP contribution in [0.3, 0.4) is 0 Å². The molecule has 8 aromatic rings. The number of aromatic nitrogens is 4. The summed E-state index contributed by atoms with van der Waals surface area (Å²) in [4.78, 5) is 17.8. The zero-order valence-corrected chi connectivity index (χ0v) is 25.0. The van der Waals surface area contributed by atoms with Gasteiger partial charge in [0.1, 0.15) is 12.5 Å². The molecule has 1 spiro atoms. The molecule has 10 rings (SSSR count). The Labute approximate surface area is 270 Å². The fraction of sp³-hybridized carbons (Fsp3) is 0.0244. The lowest BCUT2D eigenvalue weighted by Crippen LogP contribution is -2.26. The molecule has 220 valence electrons. The predicted octanol–water partition coefficient (Wildman–Crippen LogP) is 9.46. The Bertz CT molecular complexity index is 2310. The van der Waals surface area contributed by atoms with Crippen LogP contribution in [0.1, 0.15) is 22.3 Å². The lowest BCUT2D eigenvalue weighted by atomic mass is 9.70. The van der Waals surface area contributed by atoms with Gasteiger partial charge in [0.25, 0.3) is 0 Å². The van der Waals surface area contributed by atoms with Crippen molar-refractivity contribution in [3.63, 3.8) is 0 Å². The Morgan fingerprint density at radius 2 is 0.851 bits per heavy atom. The monoisotopic (exact) mass is 604 g/mol. The smallest absolute Gasteiger partial charge is 0.227 e. The second-order valence-electron chi connectivity index (χ2n) is 12.0. The van der Waals surface area contributed by atoms with Gasteiger partial charge in [-0.25, -0.2) is 9.97 Å². The van der Waals surface area contributed by atoms with Gasteiger partial charge in [0.05, 0.1) is 28.9 Å². The molecule has 0 aliphatic heterocycles. The minimum atomic E-state index is -0.509. The van der Waals surface area contributed by atoms with Crippen LogP contribution in [0.15, 0.2) is 156 Å². The maximum Gasteiger partial charge on any atom is 0.227 e. The van der Waals surface area contributed by atoms with Gasteiger partial charge >= 0.3 is 0 Å².